The van der Waals surface area contributed by atoms with Crippen LogP contribution in [0, 0.1) is 13.8 Å². The van der Waals surface area contributed by atoms with Crippen molar-refractivity contribution in [2.24, 2.45) is 0 Å². The Morgan fingerprint density at radius 2 is 0.550 bits per heavy atom. The van der Waals surface area contributed by atoms with Gasteiger partial charge in [-0.2, -0.15) is 0 Å². The predicted molar refractivity (Wildman–Crippen MR) is 340 cm³/mol. The second-order valence-electron chi connectivity index (χ2n) is 21.1. The number of fused-ring (bicyclic) bond motifs is 8. The number of aryl methyl sites for hydroxylation is 2. The summed E-state index contributed by atoms with van der Waals surface area (Å²) in [5.74, 6) is 0. The molecule has 0 atom stereocenters. The van der Waals surface area contributed by atoms with Gasteiger partial charge in [0.2, 0.25) is 0 Å². The van der Waals surface area contributed by atoms with E-state index in [-0.39, 0.29) is 0 Å². The number of nitrogens with zero attached hydrogens (tertiary/aromatic N) is 4. The molecule has 0 saturated carbocycles. The Hall–Kier alpha value is -10.4. The van der Waals surface area contributed by atoms with Gasteiger partial charge in [-0.15, -0.1) is 0 Å². The molecule has 4 heteroatoms. The van der Waals surface area contributed by atoms with E-state index in [0.29, 0.717) is 0 Å². The van der Waals surface area contributed by atoms with Gasteiger partial charge in [-0.1, -0.05) is 193 Å². The van der Waals surface area contributed by atoms with Crippen molar-refractivity contribution in [2.45, 2.75) is 13.8 Å². The number of hydrogen-bond donors (Lipinski definition) is 0. The van der Waals surface area contributed by atoms with Gasteiger partial charge in [-0.25, -0.2) is 0 Å². The van der Waals surface area contributed by atoms with Crippen molar-refractivity contribution in [3.05, 3.63) is 302 Å². The summed E-state index contributed by atoms with van der Waals surface area (Å²) in [6, 6.07) is 107. The highest BCUT2D eigenvalue weighted by Crippen LogP contribution is 2.45. The molecule has 2 aromatic heterocycles. The minimum atomic E-state index is 1.09. The van der Waals surface area contributed by atoms with Crippen LogP contribution >= 0.6 is 0 Å². The van der Waals surface area contributed by atoms with Crippen LogP contribution in [0.2, 0.25) is 0 Å². The largest absolute Gasteiger partial charge is 0.310 e. The average Bonchev–Trinajstić information content (AvgIpc) is 4.26. The summed E-state index contributed by atoms with van der Waals surface area (Å²) in [4.78, 5) is 4.84. The molecule has 378 valence electrons. The van der Waals surface area contributed by atoms with E-state index in [1.54, 1.807) is 0 Å². The van der Waals surface area contributed by atoms with Crippen LogP contribution in [0.5, 0.6) is 0 Å². The molecule has 0 spiro atoms. The Bertz CT molecular complexity index is 4500. The Morgan fingerprint density at radius 3 is 0.950 bits per heavy atom. The minimum absolute atomic E-state index is 1.09. The van der Waals surface area contributed by atoms with Crippen LogP contribution in [0.1, 0.15) is 11.1 Å². The number of benzene rings is 13. The number of anilines is 6. The van der Waals surface area contributed by atoms with Crippen molar-refractivity contribution in [3.8, 4) is 33.6 Å². The summed E-state index contributed by atoms with van der Waals surface area (Å²) in [5, 5.41) is 9.70. The van der Waals surface area contributed by atoms with Crippen molar-refractivity contribution in [3.63, 3.8) is 0 Å². The molecule has 0 aliphatic rings. The first-order chi connectivity index (χ1) is 39.5. The van der Waals surface area contributed by atoms with Gasteiger partial charge in [-0.3, -0.25) is 0 Å². The van der Waals surface area contributed by atoms with Crippen molar-refractivity contribution in [1.29, 1.82) is 0 Å². The Labute approximate surface area is 465 Å². The highest BCUT2D eigenvalue weighted by Gasteiger charge is 2.22. The Morgan fingerprint density at radius 1 is 0.237 bits per heavy atom. The van der Waals surface area contributed by atoms with Crippen LogP contribution in [0.4, 0.5) is 34.1 Å². The maximum atomic E-state index is 2.42. The fraction of sp³-hybridized carbons (Fsp3) is 0.0263. The molecule has 0 unspecified atom stereocenters. The first-order valence-electron chi connectivity index (χ1n) is 27.6. The molecule has 0 radical (unpaired) electrons. The van der Waals surface area contributed by atoms with Gasteiger partial charge in [0, 0.05) is 66.4 Å². The number of hydrogen-bond acceptors (Lipinski definition) is 2. The zero-order chi connectivity index (χ0) is 53.3. The molecule has 0 bridgehead atoms. The van der Waals surface area contributed by atoms with Gasteiger partial charge in [-0.05, 0) is 156 Å². The van der Waals surface area contributed by atoms with Gasteiger partial charge in [0.25, 0.3) is 0 Å². The summed E-state index contributed by atoms with van der Waals surface area (Å²) < 4.78 is 4.78. The van der Waals surface area contributed by atoms with Crippen LogP contribution in [0.15, 0.2) is 291 Å². The van der Waals surface area contributed by atoms with E-state index in [9.17, 15) is 0 Å². The third kappa shape index (κ3) is 7.99. The standard InChI is InChI=1S/C76H54N4/c1-51-25-37-61(38-26-51)79-73-21-9-7-19-67(73)69-49-63(45-47-75(69)79)77(71-23-11-15-57-13-3-5-17-65(57)71)59-41-33-55(34-42-59)53-29-31-54(32-30-53)56-35-43-60(44-36-56)78(72-24-12-16-58-14-4-6-18-66(58)72)64-46-48-76-70(50-64)68-20-8-10-22-74(68)80(76)62-39-27-52(2)28-40-62/h3-50H,1-2H3. The lowest BCUT2D eigenvalue weighted by atomic mass is 9.99. The van der Waals surface area contributed by atoms with Crippen molar-refractivity contribution in [1.82, 2.24) is 9.13 Å². The second-order valence-corrected chi connectivity index (χ2v) is 21.1. The third-order valence-electron chi connectivity index (χ3n) is 16.2. The number of para-hydroxylation sites is 2. The van der Waals surface area contributed by atoms with Gasteiger partial charge in [0.1, 0.15) is 0 Å². The molecular weight excluding hydrogens is 969 g/mol. The third-order valence-corrected chi connectivity index (χ3v) is 16.2. The van der Waals surface area contributed by atoms with Gasteiger partial charge in [0.15, 0.2) is 0 Å². The molecule has 0 fully saturated rings. The lowest BCUT2D eigenvalue weighted by Crippen LogP contribution is -2.10. The number of aromatic nitrogens is 2. The van der Waals surface area contributed by atoms with E-state index in [4.69, 9.17) is 0 Å². The van der Waals surface area contributed by atoms with Crippen molar-refractivity contribution in [2.75, 3.05) is 9.80 Å². The molecule has 15 aromatic rings. The summed E-state index contributed by atoms with van der Waals surface area (Å²) in [6.07, 6.45) is 0. The summed E-state index contributed by atoms with van der Waals surface area (Å²) in [5.41, 5.74) is 20.9. The van der Waals surface area contributed by atoms with E-state index in [1.165, 1.54) is 87.4 Å². The lowest BCUT2D eigenvalue weighted by molar-refractivity contribution is 1.17. The molecule has 0 N–H and O–H groups in total. The molecule has 15 rings (SSSR count). The topological polar surface area (TPSA) is 16.3 Å². The van der Waals surface area contributed by atoms with Crippen molar-refractivity contribution >= 4 is 99.3 Å². The fourth-order valence-corrected chi connectivity index (χ4v) is 12.3. The highest BCUT2D eigenvalue weighted by atomic mass is 15.2. The predicted octanol–water partition coefficient (Wildman–Crippen LogP) is 21.1. The molecule has 2 heterocycles. The molecule has 4 nitrogen and oxygen atoms in total. The summed E-state index contributed by atoms with van der Waals surface area (Å²) >= 11 is 0. The van der Waals surface area contributed by atoms with Gasteiger partial charge >= 0.3 is 0 Å². The first-order valence-corrected chi connectivity index (χ1v) is 27.6. The van der Waals surface area contributed by atoms with Crippen molar-refractivity contribution < 1.29 is 0 Å². The van der Waals surface area contributed by atoms with E-state index in [2.05, 4.69) is 324 Å². The van der Waals surface area contributed by atoms with E-state index in [1.807, 2.05) is 0 Å². The molecular formula is C76H54N4. The van der Waals surface area contributed by atoms with Crippen LogP contribution in [0.3, 0.4) is 0 Å². The fourth-order valence-electron chi connectivity index (χ4n) is 12.3. The normalized spacial score (nSPS) is 11.6. The highest BCUT2D eigenvalue weighted by molar-refractivity contribution is 6.13. The molecule has 80 heavy (non-hydrogen) atoms. The monoisotopic (exact) mass is 1020 g/mol. The van der Waals surface area contributed by atoms with Crippen LogP contribution in [0.25, 0.3) is 98.8 Å². The molecule has 0 amide bonds. The van der Waals surface area contributed by atoms with E-state index in [0.717, 1.165) is 56.6 Å². The van der Waals surface area contributed by atoms with Gasteiger partial charge in [0.05, 0.1) is 33.4 Å². The number of rotatable bonds is 10. The molecule has 0 aliphatic carbocycles. The summed E-state index contributed by atoms with van der Waals surface area (Å²) in [7, 11) is 0. The van der Waals surface area contributed by atoms with E-state index >= 15 is 0 Å². The van der Waals surface area contributed by atoms with Gasteiger partial charge < -0.3 is 18.9 Å². The zero-order valence-corrected chi connectivity index (χ0v) is 44.5. The molecule has 0 saturated heterocycles. The minimum Gasteiger partial charge on any atom is -0.310 e. The van der Waals surface area contributed by atoms with Crippen LogP contribution in [-0.4, -0.2) is 9.13 Å². The Kier molecular flexibility index (Phi) is 11.3. The smallest absolute Gasteiger partial charge is 0.0542 e. The zero-order valence-electron chi connectivity index (χ0n) is 44.5. The molecule has 0 aliphatic heterocycles. The van der Waals surface area contributed by atoms with E-state index < -0.39 is 0 Å². The first kappa shape index (κ1) is 46.8. The quantitative estimate of drug-likeness (QED) is 0.136. The lowest BCUT2D eigenvalue weighted by Gasteiger charge is -2.27. The molecule has 13 aromatic carbocycles. The SMILES string of the molecule is Cc1ccc(-n2c3ccccc3c3cc(N(c4ccc(-c5ccc(-c6ccc(N(c7ccc8c(c7)c7ccccc7n8-c7ccc(C)cc7)c7cccc8ccccc78)cc6)cc5)cc4)c4cccc5ccccc45)ccc32)cc1. The van der Waals surface area contributed by atoms with Crippen LogP contribution < -0.4 is 9.80 Å². The maximum Gasteiger partial charge on any atom is 0.0542 e. The Balaban J connectivity index is 0.766. The summed E-state index contributed by atoms with van der Waals surface area (Å²) in [6.45, 7) is 4.28. The maximum absolute atomic E-state index is 2.42. The second kappa shape index (κ2) is 19.2. The van der Waals surface area contributed by atoms with Crippen LogP contribution in [-0.2, 0) is 0 Å². The average molecular weight is 1020 g/mol.